The number of carbonyl (C=O) groups is 2. The van der Waals surface area contributed by atoms with Crippen LogP contribution in [0, 0.1) is 5.41 Å². The molecule has 1 amide bonds. The molecule has 1 saturated carbocycles. The highest BCUT2D eigenvalue weighted by molar-refractivity contribution is 5.91. The van der Waals surface area contributed by atoms with Crippen molar-refractivity contribution in [3.63, 3.8) is 0 Å². The lowest BCUT2D eigenvalue weighted by atomic mass is 9.73. The molecule has 3 aliphatic rings. The molecule has 2 aromatic heterocycles. The first kappa shape index (κ1) is 24.1. The van der Waals surface area contributed by atoms with E-state index in [-0.39, 0.29) is 11.3 Å². The lowest BCUT2D eigenvalue weighted by Gasteiger charge is -2.44. The molecule has 4 heterocycles. The van der Waals surface area contributed by atoms with Gasteiger partial charge in [0.05, 0.1) is 0 Å². The molecule has 1 spiro atoms. The van der Waals surface area contributed by atoms with Crippen LogP contribution in [-0.2, 0) is 24.3 Å². The van der Waals surface area contributed by atoms with Crippen LogP contribution >= 0.6 is 0 Å². The van der Waals surface area contributed by atoms with Crippen LogP contribution in [0.15, 0.2) is 24.5 Å². The fourth-order valence-electron chi connectivity index (χ4n) is 4.47. The van der Waals surface area contributed by atoms with Gasteiger partial charge < -0.3 is 15.0 Å². The largest absolute Gasteiger partial charge is 0.490 e. The molecule has 184 valence electrons. The highest BCUT2D eigenvalue weighted by Crippen LogP contribution is 2.41. The molecule has 2 fully saturated rings. The van der Waals surface area contributed by atoms with Gasteiger partial charge in [-0.1, -0.05) is 6.07 Å². The number of pyridine rings is 1. The minimum Gasteiger partial charge on any atom is -0.475 e. The molecule has 2 N–H and O–H groups in total. The van der Waals surface area contributed by atoms with Gasteiger partial charge in [0.25, 0.3) is 5.91 Å². The van der Waals surface area contributed by atoms with E-state index < -0.39 is 12.1 Å². The summed E-state index contributed by atoms with van der Waals surface area (Å²) in [5.41, 5.74) is 1.55. The van der Waals surface area contributed by atoms with Crippen molar-refractivity contribution in [1.29, 1.82) is 0 Å². The van der Waals surface area contributed by atoms with E-state index in [9.17, 15) is 18.0 Å². The molecular formula is C22H27F3N6O3. The molecule has 34 heavy (non-hydrogen) atoms. The number of piperidine rings is 1. The summed E-state index contributed by atoms with van der Waals surface area (Å²) in [5, 5.41) is 18.7. The van der Waals surface area contributed by atoms with E-state index >= 15 is 0 Å². The maximum absolute atomic E-state index is 12.5. The summed E-state index contributed by atoms with van der Waals surface area (Å²) in [6.45, 7) is 4.03. The van der Waals surface area contributed by atoms with Crippen LogP contribution in [0.2, 0.25) is 0 Å². The van der Waals surface area contributed by atoms with Crippen LogP contribution in [-0.4, -0.2) is 66.9 Å². The van der Waals surface area contributed by atoms with Crippen molar-refractivity contribution >= 4 is 11.9 Å². The number of alkyl halides is 3. The molecule has 1 aliphatic carbocycles. The number of nitrogens with zero attached hydrogens (tertiary/aromatic N) is 5. The number of hydrogen-bond donors (Lipinski definition) is 2. The monoisotopic (exact) mass is 480 g/mol. The Morgan fingerprint density at radius 2 is 1.88 bits per heavy atom. The molecule has 12 heteroatoms. The lowest BCUT2D eigenvalue weighted by Crippen LogP contribution is -2.45. The number of aryl methyl sites for hydroxylation is 1. The number of halogens is 3. The summed E-state index contributed by atoms with van der Waals surface area (Å²) in [5.74, 6) is -1.33. The van der Waals surface area contributed by atoms with Crippen molar-refractivity contribution in [2.75, 3.05) is 13.1 Å². The normalized spacial score (nSPS) is 19.6. The van der Waals surface area contributed by atoms with Crippen molar-refractivity contribution in [3.8, 4) is 0 Å². The first-order valence-corrected chi connectivity index (χ1v) is 11.3. The number of aliphatic carboxylic acids is 1. The van der Waals surface area contributed by atoms with Crippen LogP contribution in [0.25, 0.3) is 0 Å². The van der Waals surface area contributed by atoms with E-state index in [4.69, 9.17) is 9.90 Å². The van der Waals surface area contributed by atoms with E-state index in [2.05, 4.69) is 36.0 Å². The van der Waals surface area contributed by atoms with E-state index in [1.54, 1.807) is 0 Å². The van der Waals surface area contributed by atoms with E-state index in [1.165, 1.54) is 5.56 Å². The van der Waals surface area contributed by atoms with Gasteiger partial charge in [-0.3, -0.25) is 14.7 Å². The van der Waals surface area contributed by atoms with Gasteiger partial charge in [0.2, 0.25) is 5.82 Å². The molecule has 0 atom stereocenters. The quantitative estimate of drug-likeness (QED) is 0.691. The number of rotatable bonds is 4. The fraction of sp³-hybridized carbons (Fsp3) is 0.591. The zero-order valence-corrected chi connectivity index (χ0v) is 18.6. The minimum absolute atomic E-state index is 0.0534. The zero-order chi connectivity index (χ0) is 24.3. The summed E-state index contributed by atoms with van der Waals surface area (Å²) >= 11 is 0. The SMILES string of the molecule is O=C(NC1CC1)c1nnc2n1CC1(CC2)CCN(Cc2cccnc2)CC1.O=C(O)C(F)(F)F. The molecule has 0 unspecified atom stereocenters. The van der Waals surface area contributed by atoms with Gasteiger partial charge in [-0.15, -0.1) is 10.2 Å². The summed E-state index contributed by atoms with van der Waals surface area (Å²) < 4.78 is 33.8. The molecule has 1 saturated heterocycles. The highest BCUT2D eigenvalue weighted by Gasteiger charge is 2.40. The van der Waals surface area contributed by atoms with Crippen LogP contribution in [0.1, 0.15) is 54.1 Å². The first-order chi connectivity index (χ1) is 16.2. The average Bonchev–Trinajstić information content (AvgIpc) is 3.52. The summed E-state index contributed by atoms with van der Waals surface area (Å²) in [6.07, 6.45) is 5.27. The maximum atomic E-state index is 12.5. The Hall–Kier alpha value is -3.02. The number of aromatic nitrogens is 4. The molecule has 0 radical (unpaired) electrons. The van der Waals surface area contributed by atoms with Crippen molar-refractivity contribution in [3.05, 3.63) is 41.7 Å². The number of likely N-dealkylation sites (tertiary alicyclic amines) is 1. The number of amides is 1. The molecule has 0 bridgehead atoms. The Balaban J connectivity index is 0.000000344. The molecule has 5 rings (SSSR count). The van der Waals surface area contributed by atoms with Crippen molar-refractivity contribution in [2.45, 2.75) is 63.8 Å². The van der Waals surface area contributed by atoms with E-state index in [0.29, 0.717) is 11.9 Å². The molecule has 2 aliphatic heterocycles. The molecule has 9 nitrogen and oxygen atoms in total. The van der Waals surface area contributed by atoms with E-state index in [1.807, 2.05) is 18.5 Å². The van der Waals surface area contributed by atoms with Crippen LogP contribution in [0.4, 0.5) is 13.2 Å². The summed E-state index contributed by atoms with van der Waals surface area (Å²) in [6, 6.07) is 4.49. The van der Waals surface area contributed by atoms with Gasteiger partial charge >= 0.3 is 12.1 Å². The fourth-order valence-corrected chi connectivity index (χ4v) is 4.47. The summed E-state index contributed by atoms with van der Waals surface area (Å²) in [4.78, 5) is 28.1. The second kappa shape index (κ2) is 9.69. The number of carboxylic acid groups (broad SMARTS) is 1. The Kier molecular flexibility index (Phi) is 6.87. The Morgan fingerprint density at radius 1 is 1.18 bits per heavy atom. The van der Waals surface area contributed by atoms with Gasteiger partial charge in [0.15, 0.2) is 0 Å². The van der Waals surface area contributed by atoms with Gasteiger partial charge in [-0.25, -0.2) is 4.79 Å². The predicted octanol–water partition coefficient (Wildman–Crippen LogP) is 2.43. The van der Waals surface area contributed by atoms with Crippen molar-refractivity contribution in [1.82, 2.24) is 30.0 Å². The third-order valence-electron chi connectivity index (χ3n) is 6.60. The number of carboxylic acids is 1. The topological polar surface area (TPSA) is 113 Å². The third kappa shape index (κ3) is 5.91. The molecule has 0 aromatic carbocycles. The Labute approximate surface area is 194 Å². The second-order valence-corrected chi connectivity index (χ2v) is 9.21. The Morgan fingerprint density at radius 3 is 2.47 bits per heavy atom. The average molecular weight is 480 g/mol. The third-order valence-corrected chi connectivity index (χ3v) is 6.60. The summed E-state index contributed by atoms with van der Waals surface area (Å²) in [7, 11) is 0. The number of nitrogens with one attached hydrogen (secondary N) is 1. The van der Waals surface area contributed by atoms with Gasteiger partial charge in [0.1, 0.15) is 5.82 Å². The maximum Gasteiger partial charge on any atom is 0.490 e. The standard InChI is InChI=1S/C20H26N6O.C2HF3O2/c27-19(22-16-3-4-16)18-24-23-17-5-6-20(14-26(17)18)7-10-25(11-8-20)13-15-2-1-9-21-12-15;3-2(4,5)1(6)7/h1-2,9,12,16H,3-8,10-11,13-14H2,(H,22,27);(H,6,7). The van der Waals surface area contributed by atoms with Crippen molar-refractivity contribution in [2.24, 2.45) is 5.41 Å². The molecule has 2 aromatic rings. The lowest BCUT2D eigenvalue weighted by molar-refractivity contribution is -0.192. The van der Waals surface area contributed by atoms with Gasteiger partial charge in [0, 0.05) is 37.9 Å². The number of hydrogen-bond acceptors (Lipinski definition) is 6. The van der Waals surface area contributed by atoms with Crippen LogP contribution in [0.3, 0.4) is 0 Å². The van der Waals surface area contributed by atoms with Gasteiger partial charge in [-0.2, -0.15) is 13.2 Å². The Bertz CT molecular complexity index is 1010. The van der Waals surface area contributed by atoms with Crippen molar-refractivity contribution < 1.29 is 27.9 Å². The predicted molar refractivity (Wildman–Crippen MR) is 114 cm³/mol. The highest BCUT2D eigenvalue weighted by atomic mass is 19.4. The van der Waals surface area contributed by atoms with E-state index in [0.717, 1.165) is 70.5 Å². The smallest absolute Gasteiger partial charge is 0.475 e. The first-order valence-electron chi connectivity index (χ1n) is 11.3. The number of carbonyl (C=O) groups excluding carboxylic acids is 1. The molecular weight excluding hydrogens is 453 g/mol. The zero-order valence-electron chi connectivity index (χ0n) is 18.6. The van der Waals surface area contributed by atoms with Crippen LogP contribution < -0.4 is 5.32 Å². The minimum atomic E-state index is -5.08. The number of fused-ring (bicyclic) bond motifs is 1. The van der Waals surface area contributed by atoms with Gasteiger partial charge in [-0.05, 0) is 62.2 Å². The second-order valence-electron chi connectivity index (χ2n) is 9.21. The van der Waals surface area contributed by atoms with Crippen LogP contribution in [0.5, 0.6) is 0 Å².